The van der Waals surface area contributed by atoms with Crippen LogP contribution >= 0.6 is 0 Å². The molecule has 1 fully saturated rings. The summed E-state index contributed by atoms with van der Waals surface area (Å²) >= 11 is 0. The molecule has 0 N–H and O–H groups in total. The van der Waals surface area contributed by atoms with E-state index in [4.69, 9.17) is 19.3 Å². The van der Waals surface area contributed by atoms with Gasteiger partial charge in [-0.1, -0.05) is 36.4 Å². The van der Waals surface area contributed by atoms with Crippen molar-refractivity contribution in [1.29, 1.82) is 0 Å². The molecule has 2 heterocycles. The number of carbonyl (C=O) groups is 2. The van der Waals surface area contributed by atoms with Crippen LogP contribution in [0.3, 0.4) is 0 Å². The first-order chi connectivity index (χ1) is 20.5. The fourth-order valence-electron chi connectivity index (χ4n) is 5.28. The van der Waals surface area contributed by atoms with Gasteiger partial charge in [0.05, 0.1) is 39.2 Å². The van der Waals surface area contributed by atoms with Crippen molar-refractivity contribution in [2.45, 2.75) is 12.5 Å². The van der Waals surface area contributed by atoms with Gasteiger partial charge in [-0.25, -0.2) is 9.40 Å². The van der Waals surface area contributed by atoms with Crippen molar-refractivity contribution < 1.29 is 28.2 Å². The molecule has 9 nitrogen and oxygen atoms in total. The number of carbonyl (C=O) groups excluding carboxylic acids is 2. The number of halogens is 1. The summed E-state index contributed by atoms with van der Waals surface area (Å²) in [4.78, 5) is 31.3. The van der Waals surface area contributed by atoms with Crippen LogP contribution in [0.15, 0.2) is 77.9 Å². The average Bonchev–Trinajstić information content (AvgIpc) is 3.49. The molecule has 1 saturated heterocycles. The van der Waals surface area contributed by atoms with Crippen LogP contribution < -0.4 is 9.47 Å². The first-order valence-electron chi connectivity index (χ1n) is 14.0. The van der Waals surface area contributed by atoms with Crippen LogP contribution in [0.25, 0.3) is 0 Å². The third-order valence-corrected chi connectivity index (χ3v) is 7.54. The molecule has 1 unspecified atom stereocenters. The molecule has 2 aliphatic heterocycles. The lowest BCUT2D eigenvalue weighted by Crippen LogP contribution is -2.46. The van der Waals surface area contributed by atoms with E-state index >= 15 is 0 Å². The molecule has 3 aromatic carbocycles. The van der Waals surface area contributed by atoms with E-state index in [0.29, 0.717) is 44.2 Å². The number of para-hydroxylation sites is 1. The van der Waals surface area contributed by atoms with Crippen molar-refractivity contribution in [2.24, 2.45) is 5.10 Å². The number of amides is 2. The monoisotopic (exact) mass is 574 g/mol. The van der Waals surface area contributed by atoms with E-state index < -0.39 is 17.8 Å². The van der Waals surface area contributed by atoms with Gasteiger partial charge in [0.1, 0.15) is 23.9 Å². The largest absolute Gasteiger partial charge is 0.497 e. The number of hydrazone groups is 1. The minimum Gasteiger partial charge on any atom is -0.497 e. The van der Waals surface area contributed by atoms with Crippen LogP contribution in [-0.4, -0.2) is 92.5 Å². The molecular formula is C32H35FN4O5. The molecule has 3 aromatic rings. The molecule has 10 heteroatoms. The van der Waals surface area contributed by atoms with Gasteiger partial charge < -0.3 is 19.1 Å². The molecule has 2 amide bonds. The van der Waals surface area contributed by atoms with E-state index in [9.17, 15) is 14.0 Å². The second kappa shape index (κ2) is 13.6. The Morgan fingerprint density at radius 2 is 1.79 bits per heavy atom. The topological polar surface area (TPSA) is 83.9 Å². The van der Waals surface area contributed by atoms with E-state index in [2.05, 4.69) is 4.90 Å². The SMILES string of the molecule is COc1cccc(C2=NN(C(=O)CN(CCN3CCOCC3)C(=O)c3cccc(F)c3)C(c3ccccc3OC)C2)c1. The number of morpholine rings is 1. The summed E-state index contributed by atoms with van der Waals surface area (Å²) < 4.78 is 30.5. The molecule has 0 radical (unpaired) electrons. The van der Waals surface area contributed by atoms with Gasteiger partial charge in [-0.15, -0.1) is 0 Å². The second-order valence-corrected chi connectivity index (χ2v) is 10.2. The summed E-state index contributed by atoms with van der Waals surface area (Å²) in [6, 6.07) is 20.2. The summed E-state index contributed by atoms with van der Waals surface area (Å²) in [6.07, 6.45) is 0.449. The lowest BCUT2D eigenvalue weighted by molar-refractivity contribution is -0.133. The molecule has 0 aliphatic carbocycles. The molecule has 0 saturated carbocycles. The summed E-state index contributed by atoms with van der Waals surface area (Å²) in [6.45, 7) is 3.35. The maximum atomic E-state index is 14.0. The van der Waals surface area contributed by atoms with E-state index in [-0.39, 0.29) is 18.0 Å². The predicted octanol–water partition coefficient (Wildman–Crippen LogP) is 4.00. The smallest absolute Gasteiger partial charge is 0.262 e. The van der Waals surface area contributed by atoms with Gasteiger partial charge in [0, 0.05) is 49.3 Å². The second-order valence-electron chi connectivity index (χ2n) is 10.2. The lowest BCUT2D eigenvalue weighted by Gasteiger charge is -2.31. The van der Waals surface area contributed by atoms with Crippen molar-refractivity contribution in [3.05, 3.63) is 95.3 Å². The Morgan fingerprint density at radius 3 is 2.55 bits per heavy atom. The van der Waals surface area contributed by atoms with E-state index in [1.54, 1.807) is 20.3 Å². The average molecular weight is 575 g/mol. The third-order valence-electron chi connectivity index (χ3n) is 7.54. The Labute approximate surface area is 245 Å². The minimum atomic E-state index is -0.511. The van der Waals surface area contributed by atoms with Crippen molar-refractivity contribution in [3.63, 3.8) is 0 Å². The van der Waals surface area contributed by atoms with Crippen molar-refractivity contribution >= 4 is 17.5 Å². The van der Waals surface area contributed by atoms with Gasteiger partial charge in [0.25, 0.3) is 11.8 Å². The molecular weight excluding hydrogens is 539 g/mol. The minimum absolute atomic E-state index is 0.188. The first-order valence-corrected chi connectivity index (χ1v) is 14.0. The zero-order valence-corrected chi connectivity index (χ0v) is 23.9. The molecule has 1 atom stereocenters. The third kappa shape index (κ3) is 6.78. The summed E-state index contributed by atoms with van der Waals surface area (Å²) in [5.41, 5.74) is 2.55. The highest BCUT2D eigenvalue weighted by atomic mass is 19.1. The molecule has 0 spiro atoms. The van der Waals surface area contributed by atoms with Crippen molar-refractivity contribution in [1.82, 2.24) is 14.8 Å². The first kappa shape index (κ1) is 29.2. The van der Waals surface area contributed by atoms with Gasteiger partial charge in [-0.2, -0.15) is 5.10 Å². The van der Waals surface area contributed by atoms with E-state index in [1.807, 2.05) is 48.5 Å². The quantitative estimate of drug-likeness (QED) is 0.364. The van der Waals surface area contributed by atoms with Crippen LogP contribution in [0.1, 0.15) is 33.9 Å². The fourth-order valence-corrected chi connectivity index (χ4v) is 5.28. The predicted molar refractivity (Wildman–Crippen MR) is 156 cm³/mol. The Morgan fingerprint density at radius 1 is 1.00 bits per heavy atom. The van der Waals surface area contributed by atoms with Gasteiger partial charge in [-0.05, 0) is 36.4 Å². The highest BCUT2D eigenvalue weighted by Crippen LogP contribution is 2.37. The number of benzene rings is 3. The maximum Gasteiger partial charge on any atom is 0.262 e. The number of hydrogen-bond donors (Lipinski definition) is 0. The molecule has 220 valence electrons. The number of nitrogens with zero attached hydrogens (tertiary/aromatic N) is 4. The van der Waals surface area contributed by atoms with Crippen LogP contribution in [-0.2, 0) is 9.53 Å². The van der Waals surface area contributed by atoms with Gasteiger partial charge >= 0.3 is 0 Å². The van der Waals surface area contributed by atoms with E-state index in [0.717, 1.165) is 29.9 Å². The van der Waals surface area contributed by atoms with Crippen molar-refractivity contribution in [2.75, 3.05) is 60.2 Å². The Bertz CT molecular complexity index is 1440. The molecule has 2 aliphatic rings. The summed E-state index contributed by atoms with van der Waals surface area (Å²) in [7, 11) is 3.19. The maximum absolute atomic E-state index is 14.0. The van der Waals surface area contributed by atoms with Crippen LogP contribution in [0.2, 0.25) is 0 Å². The number of hydrogen-bond acceptors (Lipinski definition) is 7. The molecule has 0 bridgehead atoms. The Hall–Kier alpha value is -4.28. The number of methoxy groups -OCH3 is 2. The van der Waals surface area contributed by atoms with Crippen molar-refractivity contribution in [3.8, 4) is 11.5 Å². The number of ether oxygens (including phenoxy) is 3. The van der Waals surface area contributed by atoms with Gasteiger partial charge in [-0.3, -0.25) is 14.5 Å². The Kier molecular flexibility index (Phi) is 9.45. The normalized spacial score (nSPS) is 17.1. The zero-order valence-electron chi connectivity index (χ0n) is 23.9. The standard InChI is InChI=1S/C32H35FN4O5/c1-40-26-10-6-7-23(20-26)28-21-29(27-11-3-4-12-30(27)41-2)37(34-28)31(38)22-36(14-13-35-15-17-42-18-16-35)32(39)24-8-5-9-25(33)19-24/h3-12,19-20,29H,13-18,21-22H2,1-2H3. The zero-order chi connectivity index (χ0) is 29.5. The van der Waals surface area contributed by atoms with Gasteiger partial charge in [0.2, 0.25) is 0 Å². The Balaban J connectivity index is 1.45. The fraction of sp³-hybridized carbons (Fsp3) is 0.344. The van der Waals surface area contributed by atoms with Gasteiger partial charge in [0.15, 0.2) is 0 Å². The molecule has 5 rings (SSSR count). The van der Waals surface area contributed by atoms with Crippen LogP contribution in [0, 0.1) is 5.82 Å². The van der Waals surface area contributed by atoms with E-state index in [1.165, 1.54) is 28.1 Å². The number of rotatable bonds is 10. The van der Waals surface area contributed by atoms with Crippen LogP contribution in [0.5, 0.6) is 11.5 Å². The molecule has 42 heavy (non-hydrogen) atoms. The summed E-state index contributed by atoms with van der Waals surface area (Å²) in [5, 5.41) is 6.23. The highest BCUT2D eigenvalue weighted by molar-refractivity contribution is 6.04. The summed E-state index contributed by atoms with van der Waals surface area (Å²) in [5.74, 6) is 0.0477. The highest BCUT2D eigenvalue weighted by Gasteiger charge is 2.36. The van der Waals surface area contributed by atoms with Crippen LogP contribution in [0.4, 0.5) is 4.39 Å². The molecule has 0 aromatic heterocycles. The lowest BCUT2D eigenvalue weighted by atomic mass is 9.97.